The molecule has 1 atom stereocenters. The number of anilines is 1. The van der Waals surface area contributed by atoms with E-state index < -0.39 is 21.4 Å². The van der Waals surface area contributed by atoms with E-state index in [1.54, 1.807) is 6.92 Å². The van der Waals surface area contributed by atoms with Crippen molar-refractivity contribution in [3.63, 3.8) is 0 Å². The zero-order valence-electron chi connectivity index (χ0n) is 10.4. The van der Waals surface area contributed by atoms with Crippen molar-refractivity contribution in [2.24, 2.45) is 0 Å². The highest BCUT2D eigenvalue weighted by molar-refractivity contribution is 7.91. The second-order valence-corrected chi connectivity index (χ2v) is 7.17. The number of sulfone groups is 1. The number of rotatable bonds is 2. The highest BCUT2D eigenvalue weighted by atomic mass is 32.2. The van der Waals surface area contributed by atoms with Crippen LogP contribution >= 0.6 is 0 Å². The lowest BCUT2D eigenvalue weighted by Gasteiger charge is -2.23. The number of benzene rings is 1. The van der Waals surface area contributed by atoms with Crippen molar-refractivity contribution in [1.29, 1.82) is 0 Å². The van der Waals surface area contributed by atoms with Gasteiger partial charge >= 0.3 is 6.03 Å². The Morgan fingerprint density at radius 1 is 1.32 bits per heavy atom. The molecule has 1 saturated heterocycles. The molecule has 104 valence electrons. The number of carbonyl (C=O) groups excluding carboxylic acids is 1. The third kappa shape index (κ3) is 3.66. The van der Waals surface area contributed by atoms with Gasteiger partial charge in [0.1, 0.15) is 5.82 Å². The Balaban J connectivity index is 1.97. The number of amides is 2. The van der Waals surface area contributed by atoms with Gasteiger partial charge in [-0.3, -0.25) is 0 Å². The molecule has 1 aliphatic rings. The summed E-state index contributed by atoms with van der Waals surface area (Å²) in [6.07, 6.45) is 0.395. The van der Waals surface area contributed by atoms with E-state index in [0.717, 1.165) is 0 Å². The minimum absolute atomic E-state index is 0.0587. The van der Waals surface area contributed by atoms with Gasteiger partial charge in [-0.1, -0.05) is 0 Å². The molecule has 5 nitrogen and oxygen atoms in total. The Morgan fingerprint density at radius 2 is 1.95 bits per heavy atom. The average Bonchev–Trinajstić information content (AvgIpc) is 2.56. The van der Waals surface area contributed by atoms with Crippen LogP contribution in [0.5, 0.6) is 0 Å². The van der Waals surface area contributed by atoms with Crippen molar-refractivity contribution in [3.05, 3.63) is 30.1 Å². The smallest absolute Gasteiger partial charge is 0.319 e. The molecule has 0 saturated carbocycles. The van der Waals surface area contributed by atoms with Crippen LogP contribution in [0.4, 0.5) is 14.9 Å². The fourth-order valence-electron chi connectivity index (χ4n) is 2.08. The maximum Gasteiger partial charge on any atom is 0.319 e. The average molecular weight is 286 g/mol. The molecule has 1 aromatic carbocycles. The molecule has 0 bridgehead atoms. The molecule has 2 N–H and O–H groups in total. The van der Waals surface area contributed by atoms with Crippen LogP contribution in [0.1, 0.15) is 13.3 Å². The summed E-state index contributed by atoms with van der Waals surface area (Å²) in [6.45, 7) is 1.70. The summed E-state index contributed by atoms with van der Waals surface area (Å²) in [5.41, 5.74) is -0.300. The zero-order valence-corrected chi connectivity index (χ0v) is 11.3. The summed E-state index contributed by atoms with van der Waals surface area (Å²) in [7, 11) is -3.07. The molecule has 1 fully saturated rings. The Bertz CT molecular complexity index is 585. The number of hydrogen-bond acceptors (Lipinski definition) is 3. The molecule has 0 radical (unpaired) electrons. The Hall–Kier alpha value is -1.63. The lowest BCUT2D eigenvalue weighted by atomic mass is 10.0. The first-order valence-corrected chi connectivity index (χ1v) is 7.65. The van der Waals surface area contributed by atoms with Gasteiger partial charge in [-0.05, 0) is 37.6 Å². The Labute approximate surface area is 111 Å². The van der Waals surface area contributed by atoms with Crippen molar-refractivity contribution >= 4 is 21.6 Å². The fraction of sp³-hybridized carbons (Fsp3) is 0.417. The van der Waals surface area contributed by atoms with Gasteiger partial charge in [0, 0.05) is 5.69 Å². The first-order valence-electron chi connectivity index (χ1n) is 5.83. The first-order chi connectivity index (χ1) is 8.78. The van der Waals surface area contributed by atoms with E-state index in [0.29, 0.717) is 12.1 Å². The summed E-state index contributed by atoms with van der Waals surface area (Å²) in [5.74, 6) is -0.364. The molecule has 0 spiro atoms. The second kappa shape index (κ2) is 4.80. The van der Waals surface area contributed by atoms with Crippen molar-refractivity contribution in [2.75, 3.05) is 16.8 Å². The van der Waals surface area contributed by atoms with Gasteiger partial charge in [-0.15, -0.1) is 0 Å². The van der Waals surface area contributed by atoms with E-state index in [1.165, 1.54) is 24.3 Å². The van der Waals surface area contributed by atoms with Crippen LogP contribution in [0, 0.1) is 5.82 Å². The first kappa shape index (κ1) is 13.8. The lowest BCUT2D eigenvalue weighted by molar-refractivity contribution is 0.242. The molecule has 7 heteroatoms. The maximum absolute atomic E-state index is 12.7. The van der Waals surface area contributed by atoms with Crippen molar-refractivity contribution < 1.29 is 17.6 Å². The van der Waals surface area contributed by atoms with Crippen LogP contribution in [0.15, 0.2) is 24.3 Å². The molecule has 2 rings (SSSR count). The van der Waals surface area contributed by atoms with E-state index in [-0.39, 0.29) is 17.3 Å². The summed E-state index contributed by atoms with van der Waals surface area (Å²) in [4.78, 5) is 11.8. The number of carbonyl (C=O) groups is 1. The van der Waals surface area contributed by atoms with Crippen LogP contribution in [-0.2, 0) is 9.84 Å². The van der Waals surface area contributed by atoms with Crippen molar-refractivity contribution in [1.82, 2.24) is 5.32 Å². The minimum atomic E-state index is -3.07. The van der Waals surface area contributed by atoms with Crippen molar-refractivity contribution in [3.8, 4) is 0 Å². The Kier molecular flexibility index (Phi) is 3.49. The summed E-state index contributed by atoms with van der Waals surface area (Å²) < 4.78 is 35.5. The van der Waals surface area contributed by atoms with Gasteiger partial charge in [0.2, 0.25) is 0 Å². The van der Waals surface area contributed by atoms with E-state index >= 15 is 0 Å². The predicted molar refractivity (Wildman–Crippen MR) is 70.2 cm³/mol. The Morgan fingerprint density at radius 3 is 2.47 bits per heavy atom. The molecular formula is C12H15FN2O3S. The summed E-state index contributed by atoms with van der Waals surface area (Å²) in [6, 6.07) is 4.84. The van der Waals surface area contributed by atoms with E-state index in [2.05, 4.69) is 10.6 Å². The van der Waals surface area contributed by atoms with E-state index in [1.807, 2.05) is 0 Å². The standard InChI is InChI=1S/C12H15FN2O3S/c1-12(6-7-19(17,18)8-12)15-11(16)14-10-4-2-9(13)3-5-10/h2-5H,6-8H2,1H3,(H2,14,15,16). The molecule has 1 heterocycles. The topological polar surface area (TPSA) is 75.3 Å². The number of urea groups is 1. The molecule has 1 aromatic rings. The SMILES string of the molecule is CC1(NC(=O)Nc2ccc(F)cc2)CCS(=O)(=O)C1. The molecule has 1 unspecified atom stereocenters. The number of halogens is 1. The van der Waals surface area contributed by atoms with Crippen LogP contribution in [-0.4, -0.2) is 31.5 Å². The third-order valence-corrected chi connectivity index (χ3v) is 4.92. The molecule has 1 aliphatic heterocycles. The number of nitrogens with one attached hydrogen (secondary N) is 2. The van der Waals surface area contributed by atoms with E-state index in [9.17, 15) is 17.6 Å². The monoisotopic (exact) mass is 286 g/mol. The van der Waals surface area contributed by atoms with Crippen molar-refractivity contribution in [2.45, 2.75) is 18.9 Å². The zero-order chi connectivity index (χ0) is 14.1. The van der Waals surface area contributed by atoms with Gasteiger partial charge < -0.3 is 10.6 Å². The van der Waals surface area contributed by atoms with Crippen LogP contribution < -0.4 is 10.6 Å². The highest BCUT2D eigenvalue weighted by Gasteiger charge is 2.39. The highest BCUT2D eigenvalue weighted by Crippen LogP contribution is 2.22. The van der Waals surface area contributed by atoms with E-state index in [4.69, 9.17) is 0 Å². The van der Waals surface area contributed by atoms with Crippen LogP contribution in [0.25, 0.3) is 0 Å². The van der Waals surface area contributed by atoms with Crippen LogP contribution in [0.2, 0.25) is 0 Å². The van der Waals surface area contributed by atoms with Gasteiger partial charge in [-0.25, -0.2) is 17.6 Å². The minimum Gasteiger partial charge on any atom is -0.332 e. The lowest BCUT2D eigenvalue weighted by Crippen LogP contribution is -2.48. The quantitative estimate of drug-likeness (QED) is 0.865. The largest absolute Gasteiger partial charge is 0.332 e. The molecule has 2 amide bonds. The predicted octanol–water partition coefficient (Wildman–Crippen LogP) is 1.52. The molecule has 0 aromatic heterocycles. The van der Waals surface area contributed by atoms with Gasteiger partial charge in [0.25, 0.3) is 0 Å². The van der Waals surface area contributed by atoms with Gasteiger partial charge in [0.15, 0.2) is 9.84 Å². The maximum atomic E-state index is 12.7. The third-order valence-electron chi connectivity index (χ3n) is 3.02. The summed E-state index contributed by atoms with van der Waals surface area (Å²) >= 11 is 0. The summed E-state index contributed by atoms with van der Waals surface area (Å²) in [5, 5.41) is 5.19. The fourth-order valence-corrected chi connectivity index (χ4v) is 4.17. The van der Waals surface area contributed by atoms with Gasteiger partial charge in [-0.2, -0.15) is 0 Å². The van der Waals surface area contributed by atoms with Gasteiger partial charge in [0.05, 0.1) is 17.0 Å². The molecular weight excluding hydrogens is 271 g/mol. The number of hydrogen-bond donors (Lipinski definition) is 2. The molecule has 19 heavy (non-hydrogen) atoms. The normalized spacial score (nSPS) is 24.9. The molecule has 0 aliphatic carbocycles. The second-order valence-electron chi connectivity index (χ2n) is 4.99. The van der Waals surface area contributed by atoms with Crippen LogP contribution in [0.3, 0.4) is 0 Å².